The van der Waals surface area contributed by atoms with Crippen LogP contribution in [-0.4, -0.2) is 54.4 Å². The van der Waals surface area contributed by atoms with Crippen LogP contribution in [0.25, 0.3) is 11.1 Å². The molecule has 4 rings (SSSR count). The van der Waals surface area contributed by atoms with Crippen molar-refractivity contribution in [3.05, 3.63) is 54.6 Å². The van der Waals surface area contributed by atoms with Gasteiger partial charge in [-0.25, -0.2) is 15.0 Å². The summed E-state index contributed by atoms with van der Waals surface area (Å²) in [6.45, 7) is 3.05. The van der Waals surface area contributed by atoms with Gasteiger partial charge in [0.2, 0.25) is 0 Å². The average Bonchev–Trinajstić information content (AvgIpc) is 2.84. The monoisotopic (exact) mass is 417 g/mol. The van der Waals surface area contributed by atoms with Crippen LogP contribution in [-0.2, 0) is 4.74 Å². The minimum Gasteiger partial charge on any atom is -0.497 e. The van der Waals surface area contributed by atoms with Crippen molar-refractivity contribution in [2.24, 2.45) is 0 Å². The highest BCUT2D eigenvalue weighted by Gasteiger charge is 2.15. The van der Waals surface area contributed by atoms with Crippen LogP contribution in [0.15, 0.2) is 48.9 Å². The number of methoxy groups -OCH3 is 1. The number of morpholine rings is 1. The Labute approximate surface area is 180 Å². The first-order valence-corrected chi connectivity index (χ1v) is 9.95. The number of anilines is 3. The molecule has 0 radical (unpaired) electrons. The summed E-state index contributed by atoms with van der Waals surface area (Å²) in [4.78, 5) is 12.8. The van der Waals surface area contributed by atoms with Gasteiger partial charge in [0.1, 0.15) is 23.5 Å². The van der Waals surface area contributed by atoms with Crippen LogP contribution in [0.5, 0.6) is 5.75 Å². The fourth-order valence-corrected chi connectivity index (χ4v) is 3.23. The van der Waals surface area contributed by atoms with Crippen molar-refractivity contribution < 1.29 is 9.47 Å². The maximum atomic E-state index is 8.88. The zero-order chi connectivity index (χ0) is 21.5. The minimum atomic E-state index is 0.0893. The van der Waals surface area contributed by atoms with E-state index in [9.17, 15) is 0 Å². The van der Waals surface area contributed by atoms with Crippen LogP contribution in [0.2, 0.25) is 0 Å². The molecule has 3 heterocycles. The fourth-order valence-electron chi connectivity index (χ4n) is 3.23. The molecule has 0 bridgehead atoms. The van der Waals surface area contributed by atoms with Crippen LogP contribution >= 0.6 is 0 Å². The number of ether oxygens (including phenoxy) is 2. The van der Waals surface area contributed by atoms with Crippen molar-refractivity contribution >= 4 is 17.3 Å². The number of hydrogen-bond donors (Lipinski definition) is 3. The summed E-state index contributed by atoms with van der Waals surface area (Å²) in [6, 6.07) is 11.7. The van der Waals surface area contributed by atoms with E-state index >= 15 is 0 Å². The molecule has 31 heavy (non-hydrogen) atoms. The number of nitriles is 1. The van der Waals surface area contributed by atoms with Gasteiger partial charge in [-0.3, -0.25) is 0 Å². The fraction of sp³-hybridized carbons (Fsp3) is 0.273. The first kappa shape index (κ1) is 20.5. The summed E-state index contributed by atoms with van der Waals surface area (Å²) in [5, 5.41) is 18.9. The minimum absolute atomic E-state index is 0.0893. The molecule has 2 aromatic heterocycles. The van der Waals surface area contributed by atoms with E-state index in [0.717, 1.165) is 35.7 Å². The summed E-state index contributed by atoms with van der Waals surface area (Å²) in [5.41, 5.74) is 3.15. The van der Waals surface area contributed by atoms with Gasteiger partial charge in [0.25, 0.3) is 0 Å². The third-order valence-corrected chi connectivity index (χ3v) is 4.85. The lowest BCUT2D eigenvalue weighted by molar-refractivity contribution is 0.0372. The van der Waals surface area contributed by atoms with Crippen LogP contribution in [0, 0.1) is 11.3 Å². The van der Waals surface area contributed by atoms with Crippen molar-refractivity contribution in [3.8, 4) is 22.9 Å². The molecule has 1 saturated heterocycles. The Bertz CT molecular complexity index is 1040. The molecule has 1 aliphatic rings. The molecule has 0 saturated carbocycles. The first-order valence-electron chi connectivity index (χ1n) is 9.95. The average molecular weight is 417 g/mol. The number of aromatic nitrogens is 3. The maximum Gasteiger partial charge on any atom is 0.158 e. The lowest BCUT2D eigenvalue weighted by Crippen LogP contribution is -2.42. The van der Waals surface area contributed by atoms with Crippen LogP contribution in [0.1, 0.15) is 5.69 Å². The molecule has 1 fully saturated rings. The number of benzene rings is 1. The van der Waals surface area contributed by atoms with Crippen LogP contribution in [0.4, 0.5) is 17.3 Å². The summed E-state index contributed by atoms with van der Waals surface area (Å²) >= 11 is 0. The Kier molecular flexibility index (Phi) is 6.52. The highest BCUT2D eigenvalue weighted by Crippen LogP contribution is 2.31. The second-order valence-corrected chi connectivity index (χ2v) is 6.95. The van der Waals surface area contributed by atoms with Gasteiger partial charge in [0.15, 0.2) is 5.69 Å². The second kappa shape index (κ2) is 9.84. The molecule has 1 atom stereocenters. The highest BCUT2D eigenvalue weighted by atomic mass is 16.5. The number of rotatable bonds is 7. The van der Waals surface area contributed by atoms with Gasteiger partial charge >= 0.3 is 0 Å². The predicted molar refractivity (Wildman–Crippen MR) is 117 cm³/mol. The van der Waals surface area contributed by atoms with E-state index in [-0.39, 0.29) is 11.8 Å². The quantitative estimate of drug-likeness (QED) is 0.533. The summed E-state index contributed by atoms with van der Waals surface area (Å²) in [6.07, 6.45) is 4.82. The standard InChI is InChI=1S/C22H23N7O2/c1-30-17-4-2-15(3-5-17)19-13-28-21(29-22-14-25-16(9-23)10-27-22)8-20(19)26-12-18-11-24-6-7-31-18/h2-5,8,10,13-14,18,24H,6-7,11-12H2,1H3,(H2,26,27,28,29). The highest BCUT2D eigenvalue weighted by molar-refractivity contribution is 5.80. The van der Waals surface area contributed by atoms with Crippen molar-refractivity contribution in [3.63, 3.8) is 0 Å². The van der Waals surface area contributed by atoms with E-state index in [4.69, 9.17) is 14.7 Å². The normalized spacial score (nSPS) is 15.7. The Balaban J connectivity index is 1.58. The smallest absolute Gasteiger partial charge is 0.158 e. The third-order valence-electron chi connectivity index (χ3n) is 4.85. The largest absolute Gasteiger partial charge is 0.497 e. The summed E-state index contributed by atoms with van der Waals surface area (Å²) < 4.78 is 11.1. The Morgan fingerprint density at radius 3 is 2.68 bits per heavy atom. The molecular weight excluding hydrogens is 394 g/mol. The topological polar surface area (TPSA) is 117 Å². The van der Waals surface area contributed by atoms with E-state index in [1.54, 1.807) is 7.11 Å². The first-order chi connectivity index (χ1) is 15.2. The van der Waals surface area contributed by atoms with E-state index in [1.165, 1.54) is 12.4 Å². The number of hydrogen-bond acceptors (Lipinski definition) is 9. The van der Waals surface area contributed by atoms with Crippen molar-refractivity contribution in [2.75, 3.05) is 44.0 Å². The molecule has 0 amide bonds. The zero-order valence-electron chi connectivity index (χ0n) is 17.1. The molecule has 1 unspecified atom stereocenters. The van der Waals surface area contributed by atoms with Gasteiger partial charge in [-0.05, 0) is 17.7 Å². The molecular formula is C22H23N7O2. The van der Waals surface area contributed by atoms with Gasteiger partial charge in [-0.1, -0.05) is 12.1 Å². The van der Waals surface area contributed by atoms with Crippen molar-refractivity contribution in [1.29, 1.82) is 5.26 Å². The van der Waals surface area contributed by atoms with Gasteiger partial charge < -0.3 is 25.4 Å². The predicted octanol–water partition coefficient (Wildman–Crippen LogP) is 2.56. The second-order valence-electron chi connectivity index (χ2n) is 6.95. The Morgan fingerprint density at radius 1 is 1.16 bits per heavy atom. The van der Waals surface area contributed by atoms with E-state index in [0.29, 0.717) is 24.8 Å². The number of nitrogens with zero attached hydrogens (tertiary/aromatic N) is 4. The molecule has 0 spiro atoms. The molecule has 158 valence electrons. The third kappa shape index (κ3) is 5.25. The molecule has 3 aromatic rings. The molecule has 9 nitrogen and oxygen atoms in total. The summed E-state index contributed by atoms with van der Waals surface area (Å²) in [5.74, 6) is 1.92. The van der Waals surface area contributed by atoms with Gasteiger partial charge in [0, 0.05) is 43.1 Å². The molecule has 1 aliphatic heterocycles. The number of nitrogens with one attached hydrogen (secondary N) is 3. The Hall–Kier alpha value is -3.74. The zero-order valence-corrected chi connectivity index (χ0v) is 17.1. The van der Waals surface area contributed by atoms with Crippen LogP contribution in [0.3, 0.4) is 0 Å². The lowest BCUT2D eigenvalue weighted by Gasteiger charge is -2.25. The van der Waals surface area contributed by atoms with E-state index in [1.807, 2.05) is 42.6 Å². The lowest BCUT2D eigenvalue weighted by atomic mass is 10.1. The molecule has 3 N–H and O–H groups in total. The van der Waals surface area contributed by atoms with E-state index in [2.05, 4.69) is 30.9 Å². The van der Waals surface area contributed by atoms with Crippen molar-refractivity contribution in [2.45, 2.75) is 6.10 Å². The molecule has 9 heteroatoms. The Morgan fingerprint density at radius 2 is 2.00 bits per heavy atom. The summed E-state index contributed by atoms with van der Waals surface area (Å²) in [7, 11) is 1.65. The van der Waals surface area contributed by atoms with Gasteiger partial charge in [0.05, 0.1) is 32.2 Å². The van der Waals surface area contributed by atoms with E-state index < -0.39 is 0 Å². The molecule has 0 aliphatic carbocycles. The maximum absolute atomic E-state index is 8.88. The number of pyridine rings is 1. The SMILES string of the molecule is COc1ccc(-c2cnc(Nc3cnc(C#N)cn3)cc2NCC2CNCCO2)cc1. The van der Waals surface area contributed by atoms with Crippen LogP contribution < -0.4 is 20.7 Å². The van der Waals surface area contributed by atoms with Gasteiger partial charge in [-0.15, -0.1) is 0 Å². The van der Waals surface area contributed by atoms with Gasteiger partial charge in [-0.2, -0.15) is 5.26 Å². The van der Waals surface area contributed by atoms with Crippen molar-refractivity contribution in [1.82, 2.24) is 20.3 Å². The molecule has 1 aromatic carbocycles.